The minimum atomic E-state index is -4.46. The number of anilines is 1. The maximum Gasteiger partial charge on any atom is 0.417 e. The van der Waals surface area contributed by atoms with E-state index >= 15 is 0 Å². The average molecular weight is 366 g/mol. The second-order valence-electron chi connectivity index (χ2n) is 4.94. The van der Waals surface area contributed by atoms with E-state index in [1.165, 1.54) is 11.3 Å². The van der Waals surface area contributed by atoms with E-state index in [-0.39, 0.29) is 16.9 Å². The molecule has 0 radical (unpaired) electrons. The van der Waals surface area contributed by atoms with Gasteiger partial charge in [0, 0.05) is 25.7 Å². The van der Waals surface area contributed by atoms with E-state index in [2.05, 4.69) is 9.97 Å². The molecule has 0 aliphatic rings. The van der Waals surface area contributed by atoms with Crippen molar-refractivity contribution in [3.8, 4) is 0 Å². The summed E-state index contributed by atoms with van der Waals surface area (Å²) in [5.74, 6) is 0.272. The highest BCUT2D eigenvalue weighted by atomic mass is 35.5. The smallest absolute Gasteiger partial charge is 0.375 e. The van der Waals surface area contributed by atoms with Gasteiger partial charge in [0.05, 0.1) is 22.8 Å². The molecule has 9 heteroatoms. The van der Waals surface area contributed by atoms with Gasteiger partial charge < -0.3 is 9.64 Å². The first kappa shape index (κ1) is 18.0. The molecule has 2 aromatic heterocycles. The third kappa shape index (κ3) is 4.33. The molecule has 0 saturated carbocycles. The molecule has 0 amide bonds. The lowest BCUT2D eigenvalue weighted by molar-refractivity contribution is -0.137. The summed E-state index contributed by atoms with van der Waals surface area (Å²) < 4.78 is 43.1. The molecule has 2 aromatic rings. The van der Waals surface area contributed by atoms with Gasteiger partial charge in [-0.25, -0.2) is 9.97 Å². The predicted molar refractivity (Wildman–Crippen MR) is 83.9 cm³/mol. The number of hydrogen-bond donors (Lipinski definition) is 0. The zero-order valence-electron chi connectivity index (χ0n) is 12.7. The van der Waals surface area contributed by atoms with Gasteiger partial charge in [-0.05, 0) is 13.0 Å². The van der Waals surface area contributed by atoms with Gasteiger partial charge in [0.1, 0.15) is 16.9 Å². The number of alkyl halides is 3. The fourth-order valence-corrected chi connectivity index (χ4v) is 3.02. The Bertz CT molecular complexity index is 678. The molecule has 1 unspecified atom stereocenters. The average Bonchev–Trinajstić information content (AvgIpc) is 2.93. The molecular formula is C14H15ClF3N3OS. The highest BCUT2D eigenvalue weighted by Crippen LogP contribution is 2.33. The molecule has 2 rings (SSSR count). The third-order valence-electron chi connectivity index (χ3n) is 3.18. The molecule has 0 fully saturated rings. The van der Waals surface area contributed by atoms with Crippen LogP contribution in [-0.4, -0.2) is 24.1 Å². The lowest BCUT2D eigenvalue weighted by Crippen LogP contribution is -2.19. The minimum Gasteiger partial charge on any atom is -0.375 e. The third-order valence-corrected chi connectivity index (χ3v) is 4.51. The summed E-state index contributed by atoms with van der Waals surface area (Å²) >= 11 is 7.40. The van der Waals surface area contributed by atoms with Crippen LogP contribution < -0.4 is 4.90 Å². The van der Waals surface area contributed by atoms with Gasteiger partial charge in [-0.15, -0.1) is 11.3 Å². The maximum atomic E-state index is 12.6. The Labute approximate surface area is 140 Å². The van der Waals surface area contributed by atoms with Crippen LogP contribution >= 0.6 is 22.9 Å². The second-order valence-corrected chi connectivity index (χ2v) is 6.24. The Morgan fingerprint density at radius 2 is 2.13 bits per heavy atom. The van der Waals surface area contributed by atoms with Crippen molar-refractivity contribution < 1.29 is 17.9 Å². The van der Waals surface area contributed by atoms with E-state index in [0.29, 0.717) is 6.54 Å². The minimum absolute atomic E-state index is 0.0527. The number of hydrogen-bond acceptors (Lipinski definition) is 5. The molecule has 0 aliphatic carbocycles. The molecule has 0 spiro atoms. The Kier molecular flexibility index (Phi) is 5.49. The van der Waals surface area contributed by atoms with Crippen LogP contribution in [0.15, 0.2) is 17.6 Å². The van der Waals surface area contributed by atoms with Crippen molar-refractivity contribution >= 4 is 28.8 Å². The highest BCUT2D eigenvalue weighted by molar-refractivity contribution is 7.09. The van der Waals surface area contributed by atoms with Gasteiger partial charge in [-0.1, -0.05) is 11.6 Å². The first-order valence-corrected chi connectivity index (χ1v) is 7.89. The topological polar surface area (TPSA) is 38.2 Å². The van der Waals surface area contributed by atoms with Gasteiger partial charge in [0.2, 0.25) is 0 Å². The number of rotatable bonds is 5. The summed E-state index contributed by atoms with van der Waals surface area (Å²) in [5.41, 5.74) is -0.0984. The number of methoxy groups -OCH3 is 1. The first-order chi connectivity index (χ1) is 10.7. The number of nitrogens with zero attached hydrogens (tertiary/aromatic N) is 3. The summed E-state index contributed by atoms with van der Waals surface area (Å²) in [6, 6.07) is 0.875. The maximum absolute atomic E-state index is 12.6. The van der Waals surface area contributed by atoms with E-state index in [0.717, 1.165) is 23.0 Å². The number of pyridine rings is 1. The summed E-state index contributed by atoms with van der Waals surface area (Å²) in [4.78, 5) is 9.91. The van der Waals surface area contributed by atoms with Crippen LogP contribution in [0.2, 0.25) is 5.02 Å². The second kappa shape index (κ2) is 7.02. The molecule has 1 atom stereocenters. The summed E-state index contributed by atoms with van der Waals surface area (Å²) in [6.07, 6.45) is -3.79. The lowest BCUT2D eigenvalue weighted by Gasteiger charge is -2.19. The Hall–Kier alpha value is -1.38. The van der Waals surface area contributed by atoms with Gasteiger partial charge in [-0.2, -0.15) is 13.2 Å². The molecule has 0 N–H and O–H groups in total. The van der Waals surface area contributed by atoms with Crippen LogP contribution in [0.25, 0.3) is 0 Å². The van der Waals surface area contributed by atoms with Gasteiger partial charge in [0.25, 0.3) is 0 Å². The SMILES string of the molecule is COC(C)c1nc(CN(C)c2ncc(C(F)(F)F)cc2Cl)cs1. The van der Waals surface area contributed by atoms with Crippen LogP contribution in [0.5, 0.6) is 0 Å². The van der Waals surface area contributed by atoms with Crippen molar-refractivity contribution in [2.24, 2.45) is 0 Å². The molecule has 0 bridgehead atoms. The van der Waals surface area contributed by atoms with Crippen molar-refractivity contribution in [1.82, 2.24) is 9.97 Å². The Balaban J connectivity index is 2.14. The van der Waals surface area contributed by atoms with Gasteiger partial charge in [0.15, 0.2) is 0 Å². The van der Waals surface area contributed by atoms with Crippen molar-refractivity contribution in [2.45, 2.75) is 25.7 Å². The van der Waals surface area contributed by atoms with Crippen molar-refractivity contribution in [1.29, 1.82) is 0 Å². The number of halogens is 4. The van der Waals surface area contributed by atoms with Crippen LogP contribution in [0, 0.1) is 0 Å². The Morgan fingerprint density at radius 3 is 2.70 bits per heavy atom. The normalized spacial score (nSPS) is 13.2. The number of ether oxygens (including phenoxy) is 1. The zero-order valence-corrected chi connectivity index (χ0v) is 14.3. The van der Waals surface area contributed by atoms with E-state index in [4.69, 9.17) is 16.3 Å². The van der Waals surface area contributed by atoms with Crippen molar-refractivity contribution in [2.75, 3.05) is 19.1 Å². The molecule has 0 aliphatic heterocycles. The molecule has 2 heterocycles. The predicted octanol–water partition coefficient (Wildman–Crippen LogP) is 4.55. The quantitative estimate of drug-likeness (QED) is 0.778. The van der Waals surface area contributed by atoms with Crippen LogP contribution in [-0.2, 0) is 17.5 Å². The summed E-state index contributed by atoms with van der Waals surface area (Å²) in [7, 11) is 3.30. The molecule has 4 nitrogen and oxygen atoms in total. The molecule has 0 aromatic carbocycles. The van der Waals surface area contributed by atoms with E-state index in [1.807, 2.05) is 12.3 Å². The van der Waals surface area contributed by atoms with E-state index in [9.17, 15) is 13.2 Å². The monoisotopic (exact) mass is 365 g/mol. The van der Waals surface area contributed by atoms with Crippen LogP contribution in [0.1, 0.15) is 29.3 Å². The molecule has 23 heavy (non-hydrogen) atoms. The van der Waals surface area contributed by atoms with E-state index in [1.54, 1.807) is 19.1 Å². The number of aromatic nitrogens is 2. The summed E-state index contributed by atoms with van der Waals surface area (Å²) in [5, 5.41) is 2.66. The molecule has 126 valence electrons. The van der Waals surface area contributed by atoms with Crippen molar-refractivity contribution in [3.63, 3.8) is 0 Å². The lowest BCUT2D eigenvalue weighted by atomic mass is 10.2. The Morgan fingerprint density at radius 1 is 1.43 bits per heavy atom. The zero-order chi connectivity index (χ0) is 17.2. The van der Waals surface area contributed by atoms with E-state index < -0.39 is 11.7 Å². The van der Waals surface area contributed by atoms with Crippen LogP contribution in [0.3, 0.4) is 0 Å². The van der Waals surface area contributed by atoms with Gasteiger partial charge in [-0.3, -0.25) is 0 Å². The molecule has 0 saturated heterocycles. The van der Waals surface area contributed by atoms with Crippen molar-refractivity contribution in [3.05, 3.63) is 38.9 Å². The highest BCUT2D eigenvalue weighted by Gasteiger charge is 2.31. The largest absolute Gasteiger partial charge is 0.417 e. The fraction of sp³-hybridized carbons (Fsp3) is 0.429. The van der Waals surface area contributed by atoms with Crippen LogP contribution in [0.4, 0.5) is 19.0 Å². The molecular weight excluding hydrogens is 351 g/mol. The summed E-state index contributed by atoms with van der Waals surface area (Å²) in [6.45, 7) is 2.27. The van der Waals surface area contributed by atoms with Gasteiger partial charge >= 0.3 is 6.18 Å². The number of thiazole rings is 1. The first-order valence-electron chi connectivity index (χ1n) is 6.63. The standard InChI is InChI=1S/C14H15ClF3N3OS/c1-8(22-3)13-20-10(7-23-13)6-21(2)12-11(15)4-9(5-19-12)14(16,17)18/h4-5,7-8H,6H2,1-3H3. The fourth-order valence-electron chi connectivity index (χ4n) is 1.87.